The second-order valence-electron chi connectivity index (χ2n) is 7.05. The van der Waals surface area contributed by atoms with Crippen LogP contribution in [-0.2, 0) is 11.3 Å². The van der Waals surface area contributed by atoms with Gasteiger partial charge in [0.1, 0.15) is 11.6 Å². The van der Waals surface area contributed by atoms with Crippen molar-refractivity contribution < 1.29 is 13.9 Å². The Bertz CT molecular complexity index is 1010. The normalized spacial score (nSPS) is 15.5. The molecule has 0 atom stereocenters. The van der Waals surface area contributed by atoms with Crippen LogP contribution in [0, 0.1) is 5.82 Å². The summed E-state index contributed by atoms with van der Waals surface area (Å²) in [6.07, 6.45) is 0. The Hall–Kier alpha value is -2.48. The largest absolute Gasteiger partial charge is 0.494 e. The highest BCUT2D eigenvalue weighted by atomic mass is 32.1. The lowest BCUT2D eigenvalue weighted by atomic mass is 10.1. The van der Waals surface area contributed by atoms with Crippen LogP contribution in [0.1, 0.15) is 6.92 Å². The van der Waals surface area contributed by atoms with Crippen LogP contribution in [0.5, 0.6) is 5.75 Å². The number of rotatable bonds is 7. The van der Waals surface area contributed by atoms with E-state index in [1.165, 1.54) is 12.1 Å². The van der Waals surface area contributed by atoms with E-state index in [0.717, 1.165) is 66.9 Å². The summed E-state index contributed by atoms with van der Waals surface area (Å²) in [4.78, 5) is 8.21. The molecule has 2 heterocycles. The molecule has 3 aromatic rings. The van der Waals surface area contributed by atoms with Gasteiger partial charge in [-0.3, -0.25) is 4.90 Å². The lowest BCUT2D eigenvalue weighted by molar-refractivity contribution is 0.0363. The maximum absolute atomic E-state index is 13.4. The summed E-state index contributed by atoms with van der Waals surface area (Å²) in [7, 11) is 0. The third-order valence-corrected chi connectivity index (χ3v) is 5.92. The summed E-state index contributed by atoms with van der Waals surface area (Å²) in [5, 5.41) is 2.10. The van der Waals surface area contributed by atoms with Crippen molar-refractivity contribution in [2.45, 2.75) is 13.5 Å². The zero-order valence-electron chi connectivity index (χ0n) is 17.1. The van der Waals surface area contributed by atoms with Crippen molar-refractivity contribution in [1.29, 1.82) is 0 Å². The predicted octanol–water partition coefficient (Wildman–Crippen LogP) is 4.32. The van der Waals surface area contributed by atoms with Gasteiger partial charge in [-0.1, -0.05) is 0 Å². The minimum Gasteiger partial charge on any atom is -0.494 e. The Morgan fingerprint density at radius 3 is 2.47 bits per heavy atom. The molecule has 1 fully saturated rings. The molecule has 0 saturated carbocycles. The average molecular weight is 428 g/mol. The topological polar surface area (TPSA) is 39.0 Å². The van der Waals surface area contributed by atoms with Crippen LogP contribution in [0.15, 0.2) is 58.9 Å². The number of hydrogen-bond acceptors (Lipinski definition) is 5. The number of thiazole rings is 1. The second-order valence-corrected chi connectivity index (χ2v) is 7.89. The monoisotopic (exact) mass is 427 g/mol. The fourth-order valence-corrected chi connectivity index (χ4v) is 4.40. The van der Waals surface area contributed by atoms with Gasteiger partial charge in [0.05, 0.1) is 31.2 Å². The first-order valence-electron chi connectivity index (χ1n) is 10.2. The van der Waals surface area contributed by atoms with Gasteiger partial charge in [-0.25, -0.2) is 9.38 Å². The van der Waals surface area contributed by atoms with Crippen molar-refractivity contribution in [3.8, 4) is 17.0 Å². The molecular weight excluding hydrogens is 401 g/mol. The minimum atomic E-state index is -0.229. The number of aromatic nitrogens is 1. The molecule has 0 amide bonds. The van der Waals surface area contributed by atoms with E-state index in [9.17, 15) is 4.39 Å². The van der Waals surface area contributed by atoms with Crippen molar-refractivity contribution in [1.82, 2.24) is 9.47 Å². The van der Waals surface area contributed by atoms with Gasteiger partial charge in [0.15, 0.2) is 4.80 Å². The fraction of sp³-hybridized carbons (Fsp3) is 0.348. The van der Waals surface area contributed by atoms with Crippen molar-refractivity contribution >= 4 is 17.0 Å². The van der Waals surface area contributed by atoms with Gasteiger partial charge in [-0.2, -0.15) is 0 Å². The molecule has 1 saturated heterocycles. The highest BCUT2D eigenvalue weighted by Crippen LogP contribution is 2.22. The molecule has 158 valence electrons. The predicted molar refractivity (Wildman–Crippen MR) is 118 cm³/mol. The molecule has 0 radical (unpaired) electrons. The summed E-state index contributed by atoms with van der Waals surface area (Å²) in [5.74, 6) is 0.614. The van der Waals surface area contributed by atoms with Gasteiger partial charge in [-0.15, -0.1) is 11.3 Å². The standard InChI is InChI=1S/C23H26FN3O2S/c1-2-29-21-9-7-20(8-10-21)25-23-27(12-11-26-13-15-28-16-14-26)22(17-30-23)18-3-5-19(24)6-4-18/h3-10,17H,2,11-16H2,1H3. The number of morpholine rings is 1. The molecule has 0 bridgehead atoms. The molecule has 0 N–H and O–H groups in total. The van der Waals surface area contributed by atoms with E-state index in [-0.39, 0.29) is 5.82 Å². The van der Waals surface area contributed by atoms with Crippen LogP contribution in [0.2, 0.25) is 0 Å². The first kappa shape index (κ1) is 20.8. The maximum Gasteiger partial charge on any atom is 0.190 e. The average Bonchev–Trinajstić information content (AvgIpc) is 3.17. The van der Waals surface area contributed by atoms with Crippen molar-refractivity contribution in [2.75, 3.05) is 39.5 Å². The third kappa shape index (κ3) is 5.16. The van der Waals surface area contributed by atoms with Crippen LogP contribution in [0.4, 0.5) is 10.1 Å². The Kier molecular flexibility index (Phi) is 6.94. The van der Waals surface area contributed by atoms with E-state index in [1.807, 2.05) is 43.3 Å². The molecule has 0 unspecified atom stereocenters. The fourth-order valence-electron chi connectivity index (χ4n) is 3.45. The smallest absolute Gasteiger partial charge is 0.190 e. The molecule has 30 heavy (non-hydrogen) atoms. The number of hydrogen-bond donors (Lipinski definition) is 0. The van der Waals surface area contributed by atoms with Crippen LogP contribution >= 0.6 is 11.3 Å². The first-order chi connectivity index (χ1) is 14.7. The Labute approximate surface area is 180 Å². The van der Waals surface area contributed by atoms with E-state index >= 15 is 0 Å². The number of halogens is 1. The number of ether oxygens (including phenoxy) is 2. The van der Waals surface area contributed by atoms with E-state index in [2.05, 4.69) is 14.8 Å². The zero-order valence-corrected chi connectivity index (χ0v) is 17.9. The summed E-state index contributed by atoms with van der Waals surface area (Å²) in [6, 6.07) is 14.5. The van der Waals surface area contributed by atoms with Crippen molar-refractivity contribution in [2.24, 2.45) is 4.99 Å². The van der Waals surface area contributed by atoms with Gasteiger partial charge in [-0.05, 0) is 61.0 Å². The Balaban J connectivity index is 1.65. The molecule has 0 aliphatic carbocycles. The van der Waals surface area contributed by atoms with Gasteiger partial charge in [0.25, 0.3) is 0 Å². The van der Waals surface area contributed by atoms with Gasteiger partial charge in [0.2, 0.25) is 0 Å². The van der Waals surface area contributed by atoms with E-state index in [4.69, 9.17) is 14.5 Å². The molecule has 1 aliphatic heterocycles. The molecule has 1 aromatic heterocycles. The molecular formula is C23H26FN3O2S. The summed E-state index contributed by atoms with van der Waals surface area (Å²) < 4.78 is 26.6. The lowest BCUT2D eigenvalue weighted by Crippen LogP contribution is -2.39. The molecule has 2 aromatic carbocycles. The molecule has 5 nitrogen and oxygen atoms in total. The van der Waals surface area contributed by atoms with Crippen LogP contribution in [0.25, 0.3) is 11.3 Å². The zero-order chi connectivity index (χ0) is 20.8. The lowest BCUT2D eigenvalue weighted by Gasteiger charge is -2.26. The van der Waals surface area contributed by atoms with Gasteiger partial charge in [0, 0.05) is 31.6 Å². The highest BCUT2D eigenvalue weighted by Gasteiger charge is 2.13. The number of nitrogens with zero attached hydrogens (tertiary/aromatic N) is 3. The van der Waals surface area contributed by atoms with Crippen LogP contribution < -0.4 is 9.54 Å². The highest BCUT2D eigenvalue weighted by molar-refractivity contribution is 7.07. The van der Waals surface area contributed by atoms with Gasteiger partial charge >= 0.3 is 0 Å². The quantitative estimate of drug-likeness (QED) is 0.564. The van der Waals surface area contributed by atoms with Crippen LogP contribution in [0.3, 0.4) is 0 Å². The Morgan fingerprint density at radius 2 is 1.77 bits per heavy atom. The minimum absolute atomic E-state index is 0.229. The first-order valence-corrected chi connectivity index (χ1v) is 11.1. The van der Waals surface area contributed by atoms with Crippen molar-refractivity contribution in [3.63, 3.8) is 0 Å². The summed E-state index contributed by atoms with van der Waals surface area (Å²) >= 11 is 1.60. The van der Waals surface area contributed by atoms with E-state index in [1.54, 1.807) is 11.3 Å². The second kappa shape index (κ2) is 10.0. The van der Waals surface area contributed by atoms with E-state index < -0.39 is 0 Å². The number of benzene rings is 2. The maximum atomic E-state index is 13.4. The molecule has 0 spiro atoms. The summed E-state index contributed by atoms with van der Waals surface area (Å²) in [5.41, 5.74) is 2.92. The summed E-state index contributed by atoms with van der Waals surface area (Å²) in [6.45, 7) is 7.80. The SMILES string of the molecule is CCOc1ccc(N=c2scc(-c3ccc(F)cc3)n2CCN2CCOCC2)cc1. The van der Waals surface area contributed by atoms with Crippen LogP contribution in [-0.4, -0.2) is 48.9 Å². The molecule has 4 rings (SSSR count). The molecule has 7 heteroatoms. The van der Waals surface area contributed by atoms with Crippen molar-refractivity contribution in [3.05, 3.63) is 64.5 Å². The third-order valence-electron chi connectivity index (χ3n) is 5.05. The van der Waals surface area contributed by atoms with Gasteiger partial charge < -0.3 is 14.0 Å². The van der Waals surface area contributed by atoms with E-state index in [0.29, 0.717) is 6.61 Å². The molecule has 1 aliphatic rings. The Morgan fingerprint density at radius 1 is 1.03 bits per heavy atom.